The molecule has 0 saturated heterocycles. The fraction of sp³-hybridized carbons (Fsp3) is 1.00. The number of aliphatic hydroxyl groups excluding tert-OH is 1. The summed E-state index contributed by atoms with van der Waals surface area (Å²) in [4.78, 5) is 0. The van der Waals surface area contributed by atoms with Crippen molar-refractivity contribution in [1.82, 2.24) is 0 Å². The summed E-state index contributed by atoms with van der Waals surface area (Å²) in [7, 11) is 0. The molecular weight excluding hydrogens is 104 g/mol. The van der Waals surface area contributed by atoms with Crippen molar-refractivity contribution in [2.45, 2.75) is 32.0 Å². The molecule has 1 rings (SSSR count). The van der Waals surface area contributed by atoms with Gasteiger partial charge in [0.25, 0.3) is 0 Å². The average Bonchev–Trinajstić information content (AvgIpc) is 2.41. The monoisotopic (exact) mass is 116 g/mol. The van der Waals surface area contributed by atoms with Gasteiger partial charge in [-0.3, -0.25) is 0 Å². The van der Waals surface area contributed by atoms with Crippen LogP contribution >= 0.6 is 0 Å². The first-order valence-electron chi connectivity index (χ1n) is 3.15. The molecule has 0 bridgehead atoms. The molecule has 48 valence electrons. The predicted molar refractivity (Wildman–Crippen MR) is 30.2 cm³/mol. The summed E-state index contributed by atoms with van der Waals surface area (Å²) in [6.07, 6.45) is 3.08. The van der Waals surface area contributed by atoms with Crippen molar-refractivity contribution in [2.24, 2.45) is 5.92 Å². The molecule has 1 fully saturated rings. The lowest BCUT2D eigenvalue weighted by molar-refractivity contribution is -0.0471. The number of hydrogen-bond acceptors (Lipinski definition) is 2. The van der Waals surface area contributed by atoms with Crippen LogP contribution in [0.15, 0.2) is 0 Å². The zero-order valence-corrected chi connectivity index (χ0v) is 4.88. The van der Waals surface area contributed by atoms with E-state index in [9.17, 15) is 0 Å². The quantitative estimate of drug-likeness (QED) is 0.527. The Hall–Kier alpha value is -0.0800. The molecule has 1 saturated carbocycles. The van der Waals surface area contributed by atoms with Crippen molar-refractivity contribution < 1.29 is 10.2 Å². The fourth-order valence-corrected chi connectivity index (χ4v) is 0.791. The first kappa shape index (κ1) is 6.05. The highest BCUT2D eigenvalue weighted by Crippen LogP contribution is 2.33. The van der Waals surface area contributed by atoms with E-state index in [1.54, 1.807) is 0 Å². The third-order valence-corrected chi connectivity index (χ3v) is 1.53. The zero-order valence-electron chi connectivity index (χ0n) is 4.88. The third kappa shape index (κ3) is 2.28. The Kier molecular flexibility index (Phi) is 1.86. The smallest absolute Gasteiger partial charge is 0.151 e. The first-order valence-corrected chi connectivity index (χ1v) is 3.15. The molecule has 2 nitrogen and oxygen atoms in total. The second-order valence-electron chi connectivity index (χ2n) is 2.50. The Morgan fingerprint density at radius 2 is 2.00 bits per heavy atom. The Labute approximate surface area is 49.1 Å². The summed E-state index contributed by atoms with van der Waals surface area (Å²) < 4.78 is 0. The van der Waals surface area contributed by atoms with Crippen LogP contribution in [0.1, 0.15) is 25.7 Å². The molecule has 0 radical (unpaired) electrons. The van der Waals surface area contributed by atoms with E-state index in [1.807, 2.05) is 0 Å². The molecule has 0 spiro atoms. The molecule has 1 aliphatic rings. The van der Waals surface area contributed by atoms with Crippen molar-refractivity contribution in [3.05, 3.63) is 0 Å². The molecule has 0 atom stereocenters. The van der Waals surface area contributed by atoms with Gasteiger partial charge in [-0.1, -0.05) is 12.8 Å². The van der Waals surface area contributed by atoms with Crippen LogP contribution in [0.5, 0.6) is 0 Å². The highest BCUT2D eigenvalue weighted by Gasteiger charge is 2.21. The van der Waals surface area contributed by atoms with Crippen LogP contribution in [0.4, 0.5) is 0 Å². The van der Waals surface area contributed by atoms with Crippen molar-refractivity contribution in [1.29, 1.82) is 0 Å². The van der Waals surface area contributed by atoms with Gasteiger partial charge in [0.1, 0.15) is 0 Å². The van der Waals surface area contributed by atoms with Crippen molar-refractivity contribution in [2.75, 3.05) is 0 Å². The number of hydrogen-bond donors (Lipinski definition) is 2. The molecule has 0 aromatic rings. The topological polar surface area (TPSA) is 40.5 Å². The highest BCUT2D eigenvalue weighted by atomic mass is 16.5. The van der Waals surface area contributed by atoms with E-state index in [-0.39, 0.29) is 0 Å². The fourth-order valence-electron chi connectivity index (χ4n) is 0.791. The lowest BCUT2D eigenvalue weighted by atomic mass is 10.2. The van der Waals surface area contributed by atoms with Crippen LogP contribution in [-0.4, -0.2) is 16.5 Å². The summed E-state index contributed by atoms with van der Waals surface area (Å²) in [5.41, 5.74) is 0. The highest BCUT2D eigenvalue weighted by molar-refractivity contribution is 4.72. The second kappa shape index (κ2) is 2.46. The SMILES string of the molecule is OC(O)CCC1CC1. The van der Waals surface area contributed by atoms with Crippen molar-refractivity contribution >= 4 is 0 Å². The van der Waals surface area contributed by atoms with Crippen LogP contribution < -0.4 is 0 Å². The van der Waals surface area contributed by atoms with E-state index in [1.165, 1.54) is 12.8 Å². The largest absolute Gasteiger partial charge is 0.368 e. The number of rotatable bonds is 3. The zero-order chi connectivity index (χ0) is 5.98. The molecule has 0 aromatic heterocycles. The normalized spacial score (nSPS) is 19.9. The molecule has 2 heteroatoms. The minimum Gasteiger partial charge on any atom is -0.368 e. The molecule has 0 aromatic carbocycles. The predicted octanol–water partition coefficient (Wildman–Crippen LogP) is 0.487. The summed E-state index contributed by atoms with van der Waals surface area (Å²) in [6, 6.07) is 0. The van der Waals surface area contributed by atoms with Crippen LogP contribution in [0, 0.1) is 5.92 Å². The van der Waals surface area contributed by atoms with Gasteiger partial charge in [0, 0.05) is 0 Å². The minimum atomic E-state index is -1.07. The van der Waals surface area contributed by atoms with Crippen LogP contribution in [0.25, 0.3) is 0 Å². The molecule has 0 aliphatic heterocycles. The molecule has 2 N–H and O–H groups in total. The van der Waals surface area contributed by atoms with E-state index in [4.69, 9.17) is 10.2 Å². The van der Waals surface area contributed by atoms with E-state index in [0.29, 0.717) is 6.42 Å². The average molecular weight is 116 g/mol. The first-order chi connectivity index (χ1) is 3.79. The summed E-state index contributed by atoms with van der Waals surface area (Å²) in [5.74, 6) is 0.816. The molecule has 0 amide bonds. The number of aliphatic hydroxyl groups is 2. The molecule has 1 aliphatic carbocycles. The second-order valence-corrected chi connectivity index (χ2v) is 2.50. The van der Waals surface area contributed by atoms with Gasteiger partial charge in [0.15, 0.2) is 6.29 Å². The summed E-state index contributed by atoms with van der Waals surface area (Å²) in [5, 5.41) is 16.8. The maximum atomic E-state index is 8.38. The van der Waals surface area contributed by atoms with Gasteiger partial charge in [0.05, 0.1) is 0 Å². The van der Waals surface area contributed by atoms with Gasteiger partial charge >= 0.3 is 0 Å². The van der Waals surface area contributed by atoms with Crippen LogP contribution in [0.3, 0.4) is 0 Å². The molecular formula is C6H12O2. The van der Waals surface area contributed by atoms with E-state index in [2.05, 4.69) is 0 Å². The lowest BCUT2D eigenvalue weighted by Crippen LogP contribution is -2.03. The molecule has 0 unspecified atom stereocenters. The molecule has 0 heterocycles. The van der Waals surface area contributed by atoms with Gasteiger partial charge in [-0.2, -0.15) is 0 Å². The van der Waals surface area contributed by atoms with Gasteiger partial charge in [-0.25, -0.2) is 0 Å². The van der Waals surface area contributed by atoms with E-state index in [0.717, 1.165) is 12.3 Å². The minimum absolute atomic E-state index is 0.560. The Morgan fingerprint density at radius 1 is 1.38 bits per heavy atom. The van der Waals surface area contributed by atoms with Gasteiger partial charge in [-0.15, -0.1) is 0 Å². The lowest BCUT2D eigenvalue weighted by Gasteiger charge is -1.98. The van der Waals surface area contributed by atoms with Gasteiger partial charge in [-0.05, 0) is 18.8 Å². The summed E-state index contributed by atoms with van der Waals surface area (Å²) >= 11 is 0. The maximum Gasteiger partial charge on any atom is 0.151 e. The Bertz CT molecular complexity index is 64.9. The van der Waals surface area contributed by atoms with E-state index < -0.39 is 6.29 Å². The standard InChI is InChI=1S/C6H12O2/c7-6(8)4-3-5-1-2-5/h5-8H,1-4H2. The Balaban J connectivity index is 1.87. The van der Waals surface area contributed by atoms with Gasteiger partial charge in [0.2, 0.25) is 0 Å². The molecule has 8 heavy (non-hydrogen) atoms. The maximum absolute atomic E-state index is 8.38. The third-order valence-electron chi connectivity index (χ3n) is 1.53. The van der Waals surface area contributed by atoms with Crippen molar-refractivity contribution in [3.8, 4) is 0 Å². The van der Waals surface area contributed by atoms with Gasteiger partial charge < -0.3 is 10.2 Å². The summed E-state index contributed by atoms with van der Waals surface area (Å²) in [6.45, 7) is 0. The Morgan fingerprint density at radius 3 is 2.38 bits per heavy atom. The van der Waals surface area contributed by atoms with E-state index >= 15 is 0 Å². The van der Waals surface area contributed by atoms with Crippen LogP contribution in [-0.2, 0) is 0 Å². The van der Waals surface area contributed by atoms with Crippen LogP contribution in [0.2, 0.25) is 0 Å². The van der Waals surface area contributed by atoms with Crippen molar-refractivity contribution in [3.63, 3.8) is 0 Å².